The largest absolute Gasteiger partial charge is 0.364 e. The summed E-state index contributed by atoms with van der Waals surface area (Å²) in [7, 11) is 0. The lowest BCUT2D eigenvalue weighted by molar-refractivity contribution is 0.765. The highest BCUT2D eigenvalue weighted by molar-refractivity contribution is 5.93. The van der Waals surface area contributed by atoms with Crippen LogP contribution in [-0.2, 0) is 13.1 Å². The first-order valence-corrected chi connectivity index (χ1v) is 7.44. The minimum atomic E-state index is 0.792. The lowest BCUT2D eigenvalue weighted by atomic mass is 10.2. The SMILES string of the molecule is CCn1c(C)c(C)c2ccnc(NCc3ccccc3)c21. The Hall–Kier alpha value is -2.29. The Morgan fingerprint density at radius 1 is 1.10 bits per heavy atom. The fraction of sp³-hybridized carbons (Fsp3) is 0.278. The predicted molar refractivity (Wildman–Crippen MR) is 88.6 cm³/mol. The maximum absolute atomic E-state index is 4.55. The van der Waals surface area contributed by atoms with E-state index < -0.39 is 0 Å². The van der Waals surface area contributed by atoms with E-state index in [0.29, 0.717) is 0 Å². The Kier molecular flexibility index (Phi) is 3.65. The van der Waals surface area contributed by atoms with Crippen molar-refractivity contribution in [3.63, 3.8) is 0 Å². The van der Waals surface area contributed by atoms with Crippen molar-refractivity contribution in [2.75, 3.05) is 5.32 Å². The van der Waals surface area contributed by atoms with E-state index in [9.17, 15) is 0 Å². The molecular formula is C18H21N3. The third-order valence-electron chi connectivity index (χ3n) is 4.16. The summed E-state index contributed by atoms with van der Waals surface area (Å²) in [5, 5.41) is 4.78. The summed E-state index contributed by atoms with van der Waals surface area (Å²) in [5.41, 5.74) is 5.14. The van der Waals surface area contributed by atoms with E-state index in [1.165, 1.54) is 27.7 Å². The van der Waals surface area contributed by atoms with Crippen molar-refractivity contribution in [3.05, 3.63) is 59.4 Å². The van der Waals surface area contributed by atoms with Crippen molar-refractivity contribution in [1.29, 1.82) is 0 Å². The Labute approximate surface area is 125 Å². The molecule has 3 nitrogen and oxygen atoms in total. The number of rotatable bonds is 4. The van der Waals surface area contributed by atoms with Crippen molar-refractivity contribution in [2.24, 2.45) is 0 Å². The first-order valence-electron chi connectivity index (χ1n) is 7.44. The molecule has 0 aliphatic rings. The minimum Gasteiger partial charge on any atom is -0.364 e. The zero-order chi connectivity index (χ0) is 14.8. The number of aromatic nitrogens is 2. The molecule has 21 heavy (non-hydrogen) atoms. The van der Waals surface area contributed by atoms with Gasteiger partial charge in [0.15, 0.2) is 5.82 Å². The quantitative estimate of drug-likeness (QED) is 0.772. The summed E-state index contributed by atoms with van der Waals surface area (Å²) in [6, 6.07) is 12.5. The summed E-state index contributed by atoms with van der Waals surface area (Å²) in [4.78, 5) is 4.55. The summed E-state index contributed by atoms with van der Waals surface area (Å²) in [6.45, 7) is 8.30. The summed E-state index contributed by atoms with van der Waals surface area (Å²) < 4.78 is 2.34. The van der Waals surface area contributed by atoms with Crippen LogP contribution in [0.5, 0.6) is 0 Å². The molecule has 3 rings (SSSR count). The summed E-state index contributed by atoms with van der Waals surface area (Å²) >= 11 is 0. The van der Waals surface area contributed by atoms with E-state index in [1.54, 1.807) is 0 Å². The van der Waals surface area contributed by atoms with Gasteiger partial charge in [-0.15, -0.1) is 0 Å². The molecule has 0 aliphatic carbocycles. The molecule has 0 radical (unpaired) electrons. The van der Waals surface area contributed by atoms with Gasteiger partial charge in [0.2, 0.25) is 0 Å². The van der Waals surface area contributed by atoms with Crippen LogP contribution in [-0.4, -0.2) is 9.55 Å². The lowest BCUT2D eigenvalue weighted by Crippen LogP contribution is -2.05. The zero-order valence-corrected chi connectivity index (χ0v) is 12.9. The highest BCUT2D eigenvalue weighted by Gasteiger charge is 2.13. The van der Waals surface area contributed by atoms with Gasteiger partial charge in [-0.05, 0) is 38.0 Å². The molecule has 3 aromatic rings. The predicted octanol–water partition coefficient (Wildman–Crippen LogP) is 4.29. The van der Waals surface area contributed by atoms with Crippen LogP contribution in [0.25, 0.3) is 10.9 Å². The maximum atomic E-state index is 4.55. The monoisotopic (exact) mass is 279 g/mol. The number of fused-ring (bicyclic) bond motifs is 1. The number of anilines is 1. The first-order chi connectivity index (χ1) is 10.2. The second kappa shape index (κ2) is 5.60. The van der Waals surface area contributed by atoms with Gasteiger partial charge in [0.25, 0.3) is 0 Å². The van der Waals surface area contributed by atoms with Crippen molar-refractivity contribution in [1.82, 2.24) is 9.55 Å². The van der Waals surface area contributed by atoms with Gasteiger partial charge in [0, 0.05) is 30.4 Å². The smallest absolute Gasteiger partial charge is 0.150 e. The third-order valence-corrected chi connectivity index (χ3v) is 4.16. The van der Waals surface area contributed by atoms with Crippen molar-refractivity contribution in [2.45, 2.75) is 33.9 Å². The molecule has 0 atom stereocenters. The minimum absolute atomic E-state index is 0.792. The molecule has 0 aliphatic heterocycles. The molecule has 1 N–H and O–H groups in total. The van der Waals surface area contributed by atoms with Crippen LogP contribution in [0.1, 0.15) is 23.7 Å². The van der Waals surface area contributed by atoms with Crippen molar-refractivity contribution >= 4 is 16.7 Å². The van der Waals surface area contributed by atoms with Gasteiger partial charge in [-0.1, -0.05) is 30.3 Å². The second-order valence-corrected chi connectivity index (χ2v) is 5.35. The molecule has 1 aromatic carbocycles. The standard InChI is InChI=1S/C18H21N3/c1-4-21-14(3)13(2)16-10-11-19-18(17(16)21)20-12-15-8-6-5-7-9-15/h5-11H,4,12H2,1-3H3,(H,19,20). The second-order valence-electron chi connectivity index (χ2n) is 5.35. The lowest BCUT2D eigenvalue weighted by Gasteiger charge is -2.10. The molecule has 0 saturated carbocycles. The molecule has 0 bridgehead atoms. The van der Waals surface area contributed by atoms with E-state index in [-0.39, 0.29) is 0 Å². The van der Waals surface area contributed by atoms with E-state index in [2.05, 4.69) is 66.0 Å². The molecule has 3 heteroatoms. The molecule has 2 heterocycles. The van der Waals surface area contributed by atoms with E-state index >= 15 is 0 Å². The molecule has 2 aromatic heterocycles. The van der Waals surface area contributed by atoms with Crippen LogP contribution in [0.3, 0.4) is 0 Å². The van der Waals surface area contributed by atoms with Crippen LogP contribution >= 0.6 is 0 Å². The summed E-state index contributed by atoms with van der Waals surface area (Å²) in [6.07, 6.45) is 1.89. The molecule has 108 valence electrons. The van der Waals surface area contributed by atoms with E-state index in [0.717, 1.165) is 18.9 Å². The first kappa shape index (κ1) is 13.7. The molecule has 0 unspecified atom stereocenters. The summed E-state index contributed by atoms with van der Waals surface area (Å²) in [5.74, 6) is 0.967. The highest BCUT2D eigenvalue weighted by Crippen LogP contribution is 2.29. The van der Waals surface area contributed by atoms with Crippen molar-refractivity contribution in [3.8, 4) is 0 Å². The number of nitrogens with one attached hydrogen (secondary N) is 1. The normalized spacial score (nSPS) is 11.0. The number of hydrogen-bond donors (Lipinski definition) is 1. The van der Waals surface area contributed by atoms with E-state index in [1.807, 2.05) is 12.3 Å². The number of nitrogens with zero attached hydrogens (tertiary/aromatic N) is 2. The van der Waals surface area contributed by atoms with Crippen LogP contribution < -0.4 is 5.32 Å². The molecule has 0 amide bonds. The molecule has 0 fully saturated rings. The molecular weight excluding hydrogens is 258 g/mol. The van der Waals surface area contributed by atoms with Gasteiger partial charge >= 0.3 is 0 Å². The topological polar surface area (TPSA) is 29.9 Å². The zero-order valence-electron chi connectivity index (χ0n) is 12.9. The van der Waals surface area contributed by atoms with Gasteiger partial charge in [-0.3, -0.25) is 0 Å². The van der Waals surface area contributed by atoms with Gasteiger partial charge in [-0.25, -0.2) is 4.98 Å². The van der Waals surface area contributed by atoms with Crippen molar-refractivity contribution < 1.29 is 0 Å². The third kappa shape index (κ3) is 2.40. The van der Waals surface area contributed by atoms with Gasteiger partial charge < -0.3 is 9.88 Å². The fourth-order valence-electron chi connectivity index (χ4n) is 2.90. The average Bonchev–Trinajstić information content (AvgIpc) is 2.78. The van der Waals surface area contributed by atoms with Crippen LogP contribution in [0.15, 0.2) is 42.6 Å². The van der Waals surface area contributed by atoms with Crippen LogP contribution in [0.4, 0.5) is 5.82 Å². The molecule has 0 saturated heterocycles. The van der Waals surface area contributed by atoms with Gasteiger partial charge in [0.1, 0.15) is 0 Å². The fourth-order valence-corrected chi connectivity index (χ4v) is 2.90. The highest BCUT2D eigenvalue weighted by atomic mass is 15.1. The van der Waals surface area contributed by atoms with Crippen LogP contribution in [0, 0.1) is 13.8 Å². The van der Waals surface area contributed by atoms with Gasteiger partial charge in [0.05, 0.1) is 5.52 Å². The Morgan fingerprint density at radius 3 is 2.57 bits per heavy atom. The number of hydrogen-bond acceptors (Lipinski definition) is 2. The van der Waals surface area contributed by atoms with E-state index in [4.69, 9.17) is 0 Å². The number of aryl methyl sites for hydroxylation is 2. The number of pyridine rings is 1. The van der Waals surface area contributed by atoms with Gasteiger partial charge in [-0.2, -0.15) is 0 Å². The molecule has 0 spiro atoms. The maximum Gasteiger partial charge on any atom is 0.150 e. The Bertz CT molecular complexity index is 757. The van der Waals surface area contributed by atoms with Crippen LogP contribution in [0.2, 0.25) is 0 Å². The Morgan fingerprint density at radius 2 is 1.86 bits per heavy atom. The average molecular weight is 279 g/mol. The number of benzene rings is 1. The Balaban J connectivity index is 2.01.